The number of anilines is 1. The van der Waals surface area contributed by atoms with E-state index >= 15 is 0 Å². The molecule has 1 N–H and O–H groups in total. The summed E-state index contributed by atoms with van der Waals surface area (Å²) in [6.45, 7) is 12.7. The number of hydrogen-bond donors (Lipinski definition) is 1. The Morgan fingerprint density at radius 3 is 2.26 bits per heavy atom. The molecule has 0 saturated carbocycles. The standard InChI is InChI=1S/C22H35N3O2/c1-5-25(14-13-24-11-7-6-8-12-24)21(27)10-9-20(26)23-22-18(3)15-17(2)16-19(22)4/h15-16H,5-14H2,1-4H3,(H,23,26). The van der Waals surface area contributed by atoms with Crippen molar-refractivity contribution in [1.29, 1.82) is 0 Å². The van der Waals surface area contributed by atoms with Gasteiger partial charge in [-0.05, 0) is 64.8 Å². The molecule has 2 rings (SSSR count). The molecule has 0 spiro atoms. The predicted octanol–water partition coefficient (Wildman–Crippen LogP) is 3.66. The lowest BCUT2D eigenvalue weighted by atomic mass is 10.0. The highest BCUT2D eigenvalue weighted by atomic mass is 16.2. The third kappa shape index (κ3) is 6.65. The van der Waals surface area contributed by atoms with Crippen LogP contribution >= 0.6 is 0 Å². The van der Waals surface area contributed by atoms with Crippen LogP contribution in [0.2, 0.25) is 0 Å². The Kier molecular flexibility index (Phi) is 8.29. The van der Waals surface area contributed by atoms with Gasteiger partial charge in [0.1, 0.15) is 0 Å². The van der Waals surface area contributed by atoms with E-state index in [0.29, 0.717) is 6.54 Å². The number of piperidine rings is 1. The van der Waals surface area contributed by atoms with Crippen LogP contribution in [0, 0.1) is 20.8 Å². The van der Waals surface area contributed by atoms with Gasteiger partial charge in [-0.2, -0.15) is 0 Å². The first-order valence-electron chi connectivity index (χ1n) is 10.3. The van der Waals surface area contributed by atoms with Crippen LogP contribution in [0.15, 0.2) is 12.1 Å². The minimum atomic E-state index is -0.0921. The molecule has 1 aromatic rings. The second-order valence-electron chi connectivity index (χ2n) is 7.70. The van der Waals surface area contributed by atoms with Crippen LogP contribution in [0.5, 0.6) is 0 Å². The number of likely N-dealkylation sites (tertiary alicyclic amines) is 1. The van der Waals surface area contributed by atoms with Crippen molar-refractivity contribution >= 4 is 17.5 Å². The summed E-state index contributed by atoms with van der Waals surface area (Å²) in [5, 5.41) is 2.98. The van der Waals surface area contributed by atoms with Crippen molar-refractivity contribution in [3.63, 3.8) is 0 Å². The first-order valence-corrected chi connectivity index (χ1v) is 10.3. The summed E-state index contributed by atoms with van der Waals surface area (Å²) in [4.78, 5) is 29.2. The van der Waals surface area contributed by atoms with E-state index in [1.165, 1.54) is 24.8 Å². The van der Waals surface area contributed by atoms with Crippen LogP contribution in [0.4, 0.5) is 5.69 Å². The van der Waals surface area contributed by atoms with Gasteiger partial charge in [0.2, 0.25) is 11.8 Å². The monoisotopic (exact) mass is 373 g/mol. The zero-order valence-corrected chi connectivity index (χ0v) is 17.4. The maximum atomic E-state index is 12.5. The first-order chi connectivity index (χ1) is 12.9. The average molecular weight is 374 g/mol. The van der Waals surface area contributed by atoms with Gasteiger partial charge in [-0.1, -0.05) is 24.1 Å². The number of carbonyl (C=O) groups excluding carboxylic acids is 2. The quantitative estimate of drug-likeness (QED) is 0.756. The van der Waals surface area contributed by atoms with Gasteiger partial charge in [-0.25, -0.2) is 0 Å². The maximum absolute atomic E-state index is 12.5. The minimum absolute atomic E-state index is 0.0713. The highest BCUT2D eigenvalue weighted by Gasteiger charge is 2.17. The molecule has 0 radical (unpaired) electrons. The fourth-order valence-corrected chi connectivity index (χ4v) is 3.86. The van der Waals surface area contributed by atoms with E-state index in [1.54, 1.807) is 0 Å². The number of aryl methyl sites for hydroxylation is 3. The van der Waals surface area contributed by atoms with Gasteiger partial charge in [-0.3, -0.25) is 9.59 Å². The predicted molar refractivity (Wildman–Crippen MR) is 111 cm³/mol. The summed E-state index contributed by atoms with van der Waals surface area (Å²) >= 11 is 0. The Hall–Kier alpha value is -1.88. The lowest BCUT2D eigenvalue weighted by Crippen LogP contribution is -2.40. The topological polar surface area (TPSA) is 52.7 Å². The summed E-state index contributed by atoms with van der Waals surface area (Å²) in [5.41, 5.74) is 4.17. The van der Waals surface area contributed by atoms with Crippen LogP contribution in [-0.4, -0.2) is 54.3 Å². The van der Waals surface area contributed by atoms with Crippen molar-refractivity contribution in [2.24, 2.45) is 0 Å². The third-order valence-electron chi connectivity index (χ3n) is 5.38. The van der Waals surface area contributed by atoms with Crippen molar-refractivity contribution in [2.45, 2.75) is 59.8 Å². The fraction of sp³-hybridized carbons (Fsp3) is 0.636. The van der Waals surface area contributed by atoms with E-state index in [2.05, 4.69) is 22.3 Å². The highest BCUT2D eigenvalue weighted by molar-refractivity contribution is 5.94. The van der Waals surface area contributed by atoms with Crippen molar-refractivity contribution in [2.75, 3.05) is 38.0 Å². The van der Waals surface area contributed by atoms with E-state index in [0.717, 1.165) is 43.0 Å². The Morgan fingerprint density at radius 1 is 1.04 bits per heavy atom. The molecule has 1 aliphatic heterocycles. The molecule has 1 heterocycles. The van der Waals surface area contributed by atoms with Crippen LogP contribution in [-0.2, 0) is 9.59 Å². The van der Waals surface area contributed by atoms with Gasteiger partial charge < -0.3 is 15.1 Å². The van der Waals surface area contributed by atoms with E-state index in [4.69, 9.17) is 0 Å². The Labute approximate surface area is 164 Å². The number of carbonyl (C=O) groups is 2. The molecule has 1 aliphatic rings. The molecule has 0 aromatic heterocycles. The van der Waals surface area contributed by atoms with E-state index in [-0.39, 0.29) is 24.7 Å². The minimum Gasteiger partial charge on any atom is -0.342 e. The lowest BCUT2D eigenvalue weighted by molar-refractivity contribution is -0.132. The van der Waals surface area contributed by atoms with Gasteiger partial charge >= 0.3 is 0 Å². The zero-order chi connectivity index (χ0) is 19.8. The second-order valence-corrected chi connectivity index (χ2v) is 7.70. The number of likely N-dealkylation sites (N-methyl/N-ethyl adjacent to an activating group) is 1. The number of nitrogens with one attached hydrogen (secondary N) is 1. The van der Waals surface area contributed by atoms with Crippen molar-refractivity contribution in [3.8, 4) is 0 Å². The summed E-state index contributed by atoms with van der Waals surface area (Å²) < 4.78 is 0. The van der Waals surface area contributed by atoms with E-state index in [1.807, 2.05) is 32.6 Å². The Morgan fingerprint density at radius 2 is 1.67 bits per heavy atom. The number of nitrogens with zero attached hydrogens (tertiary/aromatic N) is 2. The van der Waals surface area contributed by atoms with Gasteiger partial charge in [0.05, 0.1) is 0 Å². The van der Waals surface area contributed by atoms with Crippen molar-refractivity contribution in [3.05, 3.63) is 28.8 Å². The highest BCUT2D eigenvalue weighted by Crippen LogP contribution is 2.22. The van der Waals surface area contributed by atoms with Crippen LogP contribution in [0.1, 0.15) is 55.7 Å². The van der Waals surface area contributed by atoms with Gasteiger partial charge in [-0.15, -0.1) is 0 Å². The molecule has 0 bridgehead atoms. The molecule has 0 atom stereocenters. The van der Waals surface area contributed by atoms with Crippen LogP contribution in [0.25, 0.3) is 0 Å². The Balaban J connectivity index is 1.79. The number of benzene rings is 1. The second kappa shape index (κ2) is 10.5. The molecule has 1 fully saturated rings. The summed E-state index contributed by atoms with van der Waals surface area (Å²) in [6, 6.07) is 4.13. The molecular formula is C22H35N3O2. The lowest BCUT2D eigenvalue weighted by Gasteiger charge is -2.29. The molecular weight excluding hydrogens is 338 g/mol. The summed E-state index contributed by atoms with van der Waals surface area (Å²) in [6.07, 6.45) is 4.34. The van der Waals surface area contributed by atoms with Gasteiger partial charge in [0.25, 0.3) is 0 Å². The van der Waals surface area contributed by atoms with E-state index in [9.17, 15) is 9.59 Å². The number of rotatable bonds is 8. The maximum Gasteiger partial charge on any atom is 0.224 e. The van der Waals surface area contributed by atoms with Crippen LogP contribution in [0.3, 0.4) is 0 Å². The number of amides is 2. The largest absolute Gasteiger partial charge is 0.342 e. The molecule has 1 aromatic carbocycles. The smallest absolute Gasteiger partial charge is 0.224 e. The van der Waals surface area contributed by atoms with Crippen molar-refractivity contribution < 1.29 is 9.59 Å². The van der Waals surface area contributed by atoms with Crippen LogP contribution < -0.4 is 5.32 Å². The summed E-state index contributed by atoms with van der Waals surface area (Å²) in [5.74, 6) is -0.0208. The molecule has 5 heteroatoms. The third-order valence-corrected chi connectivity index (χ3v) is 5.38. The van der Waals surface area contributed by atoms with E-state index < -0.39 is 0 Å². The zero-order valence-electron chi connectivity index (χ0n) is 17.4. The van der Waals surface area contributed by atoms with Crippen molar-refractivity contribution in [1.82, 2.24) is 9.80 Å². The normalized spacial score (nSPS) is 14.8. The fourth-order valence-electron chi connectivity index (χ4n) is 3.86. The van der Waals surface area contributed by atoms with Gasteiger partial charge in [0, 0.05) is 38.2 Å². The molecule has 27 heavy (non-hydrogen) atoms. The molecule has 1 saturated heterocycles. The molecule has 5 nitrogen and oxygen atoms in total. The first kappa shape index (κ1) is 21.4. The number of hydrogen-bond acceptors (Lipinski definition) is 3. The average Bonchev–Trinajstić information content (AvgIpc) is 2.64. The molecule has 150 valence electrons. The molecule has 2 amide bonds. The summed E-state index contributed by atoms with van der Waals surface area (Å²) in [7, 11) is 0. The molecule has 0 unspecified atom stereocenters. The SMILES string of the molecule is CCN(CCN1CCCCC1)C(=O)CCC(=O)Nc1c(C)cc(C)cc1C. The van der Waals surface area contributed by atoms with Gasteiger partial charge in [0.15, 0.2) is 0 Å². The Bertz CT molecular complexity index is 628. The molecule has 0 aliphatic carbocycles.